The zero-order chi connectivity index (χ0) is 12.7. The van der Waals surface area contributed by atoms with Gasteiger partial charge in [-0.05, 0) is 19.5 Å². The first-order chi connectivity index (χ1) is 8.09. The van der Waals surface area contributed by atoms with E-state index in [0.29, 0.717) is 12.0 Å². The van der Waals surface area contributed by atoms with Crippen LogP contribution < -0.4 is 10.6 Å². The maximum absolute atomic E-state index is 5.23. The third kappa shape index (κ3) is 5.84. The standard InChI is InChI=1S/C13H25N3O/c1-10(2)13-8-12(16-17-13)9-14-6-5-7-15-11(3)4/h8,10-11,14-15H,5-7,9H2,1-4H3. The van der Waals surface area contributed by atoms with Gasteiger partial charge in [0, 0.05) is 24.6 Å². The summed E-state index contributed by atoms with van der Waals surface area (Å²) in [4.78, 5) is 0. The molecule has 0 spiro atoms. The van der Waals surface area contributed by atoms with Gasteiger partial charge in [0.25, 0.3) is 0 Å². The van der Waals surface area contributed by atoms with Crippen LogP contribution in [0.15, 0.2) is 10.6 Å². The van der Waals surface area contributed by atoms with Gasteiger partial charge in [-0.25, -0.2) is 0 Å². The van der Waals surface area contributed by atoms with E-state index in [2.05, 4.69) is 43.5 Å². The average Bonchev–Trinajstić information content (AvgIpc) is 2.71. The summed E-state index contributed by atoms with van der Waals surface area (Å²) in [6, 6.07) is 2.60. The summed E-state index contributed by atoms with van der Waals surface area (Å²) < 4.78 is 5.23. The van der Waals surface area contributed by atoms with Crippen molar-refractivity contribution in [2.75, 3.05) is 13.1 Å². The van der Waals surface area contributed by atoms with E-state index in [1.807, 2.05) is 6.07 Å². The number of rotatable bonds is 8. The number of nitrogens with zero attached hydrogens (tertiary/aromatic N) is 1. The molecule has 4 nitrogen and oxygen atoms in total. The largest absolute Gasteiger partial charge is 0.361 e. The van der Waals surface area contributed by atoms with Crippen LogP contribution in [0.1, 0.15) is 51.5 Å². The van der Waals surface area contributed by atoms with Crippen LogP contribution in [0, 0.1) is 0 Å². The minimum atomic E-state index is 0.409. The topological polar surface area (TPSA) is 50.1 Å². The van der Waals surface area contributed by atoms with E-state index in [9.17, 15) is 0 Å². The van der Waals surface area contributed by atoms with Crippen LogP contribution in [0.4, 0.5) is 0 Å². The summed E-state index contributed by atoms with van der Waals surface area (Å²) >= 11 is 0. The van der Waals surface area contributed by atoms with Crippen molar-refractivity contribution in [1.82, 2.24) is 15.8 Å². The molecular formula is C13H25N3O. The summed E-state index contributed by atoms with van der Waals surface area (Å²) in [6.07, 6.45) is 1.13. The van der Waals surface area contributed by atoms with E-state index in [1.165, 1.54) is 0 Å². The van der Waals surface area contributed by atoms with Gasteiger partial charge in [0.2, 0.25) is 0 Å². The molecule has 1 rings (SSSR count). The lowest BCUT2D eigenvalue weighted by atomic mass is 10.1. The van der Waals surface area contributed by atoms with E-state index < -0.39 is 0 Å². The summed E-state index contributed by atoms with van der Waals surface area (Å²) in [6.45, 7) is 11.4. The van der Waals surface area contributed by atoms with Crippen LogP contribution in [-0.2, 0) is 6.54 Å². The number of aromatic nitrogens is 1. The molecule has 1 aromatic rings. The first-order valence-corrected chi connectivity index (χ1v) is 6.49. The molecule has 2 N–H and O–H groups in total. The lowest BCUT2D eigenvalue weighted by Gasteiger charge is -2.07. The minimum absolute atomic E-state index is 0.409. The third-order valence-electron chi connectivity index (χ3n) is 2.54. The van der Waals surface area contributed by atoms with E-state index in [4.69, 9.17) is 4.52 Å². The Morgan fingerprint density at radius 1 is 1.24 bits per heavy atom. The van der Waals surface area contributed by atoms with Crippen molar-refractivity contribution in [1.29, 1.82) is 0 Å². The van der Waals surface area contributed by atoms with Crippen LogP contribution in [0.25, 0.3) is 0 Å². The summed E-state index contributed by atoms with van der Waals surface area (Å²) in [7, 11) is 0. The zero-order valence-electron chi connectivity index (χ0n) is 11.4. The highest BCUT2D eigenvalue weighted by atomic mass is 16.5. The van der Waals surface area contributed by atoms with Crippen molar-refractivity contribution >= 4 is 0 Å². The molecule has 0 bridgehead atoms. The normalized spacial score (nSPS) is 11.6. The second-order valence-corrected chi connectivity index (χ2v) is 5.01. The Balaban J connectivity index is 2.09. The second-order valence-electron chi connectivity index (χ2n) is 5.01. The molecular weight excluding hydrogens is 214 g/mol. The molecule has 1 heterocycles. The Bertz CT molecular complexity index is 307. The molecule has 4 heteroatoms. The lowest BCUT2D eigenvalue weighted by molar-refractivity contribution is 0.364. The van der Waals surface area contributed by atoms with Gasteiger partial charge >= 0.3 is 0 Å². The Hall–Kier alpha value is -0.870. The Labute approximate surface area is 104 Å². The highest BCUT2D eigenvalue weighted by molar-refractivity contribution is 5.08. The van der Waals surface area contributed by atoms with Gasteiger partial charge in [-0.2, -0.15) is 0 Å². The van der Waals surface area contributed by atoms with Crippen LogP contribution in [0.5, 0.6) is 0 Å². The average molecular weight is 239 g/mol. The summed E-state index contributed by atoms with van der Waals surface area (Å²) in [5.74, 6) is 1.37. The molecule has 0 atom stereocenters. The molecule has 0 aromatic carbocycles. The predicted molar refractivity (Wildman–Crippen MR) is 70.1 cm³/mol. The number of hydrogen-bond acceptors (Lipinski definition) is 4. The smallest absolute Gasteiger partial charge is 0.139 e. The molecule has 0 radical (unpaired) electrons. The van der Waals surface area contributed by atoms with Gasteiger partial charge in [0.05, 0.1) is 5.69 Å². The quantitative estimate of drug-likeness (QED) is 0.683. The molecule has 0 amide bonds. The van der Waals surface area contributed by atoms with Crippen molar-refractivity contribution in [3.05, 3.63) is 17.5 Å². The monoisotopic (exact) mass is 239 g/mol. The molecule has 0 fully saturated rings. The Morgan fingerprint density at radius 3 is 2.59 bits per heavy atom. The molecule has 0 aliphatic carbocycles. The molecule has 98 valence electrons. The first kappa shape index (κ1) is 14.2. The highest BCUT2D eigenvalue weighted by Crippen LogP contribution is 2.14. The van der Waals surface area contributed by atoms with Crippen LogP contribution in [0.2, 0.25) is 0 Å². The second kappa shape index (κ2) is 7.45. The summed E-state index contributed by atoms with van der Waals surface area (Å²) in [5.41, 5.74) is 0.991. The van der Waals surface area contributed by atoms with Gasteiger partial charge in [0.15, 0.2) is 0 Å². The van der Waals surface area contributed by atoms with E-state index in [0.717, 1.165) is 37.5 Å². The maximum Gasteiger partial charge on any atom is 0.139 e. The first-order valence-electron chi connectivity index (χ1n) is 6.49. The Kier molecular flexibility index (Phi) is 6.22. The van der Waals surface area contributed by atoms with Crippen LogP contribution in [-0.4, -0.2) is 24.3 Å². The molecule has 0 unspecified atom stereocenters. The van der Waals surface area contributed by atoms with Gasteiger partial charge < -0.3 is 15.2 Å². The summed E-state index contributed by atoms with van der Waals surface area (Å²) in [5, 5.41) is 10.8. The lowest BCUT2D eigenvalue weighted by Crippen LogP contribution is -2.26. The number of hydrogen-bond donors (Lipinski definition) is 2. The molecule has 17 heavy (non-hydrogen) atoms. The highest BCUT2D eigenvalue weighted by Gasteiger charge is 2.06. The van der Waals surface area contributed by atoms with Crippen molar-refractivity contribution < 1.29 is 4.52 Å². The van der Waals surface area contributed by atoms with E-state index in [1.54, 1.807) is 0 Å². The third-order valence-corrected chi connectivity index (χ3v) is 2.54. The van der Waals surface area contributed by atoms with Crippen molar-refractivity contribution in [2.24, 2.45) is 0 Å². The van der Waals surface area contributed by atoms with Crippen molar-refractivity contribution in [3.63, 3.8) is 0 Å². The Morgan fingerprint density at radius 2 is 2.00 bits per heavy atom. The molecule has 0 saturated carbocycles. The van der Waals surface area contributed by atoms with Gasteiger partial charge in [0.1, 0.15) is 5.76 Å². The van der Waals surface area contributed by atoms with Crippen molar-refractivity contribution in [2.45, 2.75) is 52.6 Å². The fraction of sp³-hybridized carbons (Fsp3) is 0.769. The zero-order valence-corrected chi connectivity index (χ0v) is 11.4. The molecule has 0 aliphatic heterocycles. The van der Waals surface area contributed by atoms with E-state index in [-0.39, 0.29) is 0 Å². The van der Waals surface area contributed by atoms with Gasteiger partial charge in [-0.3, -0.25) is 0 Å². The van der Waals surface area contributed by atoms with Gasteiger partial charge in [-0.1, -0.05) is 32.9 Å². The number of nitrogens with one attached hydrogen (secondary N) is 2. The van der Waals surface area contributed by atoms with Crippen LogP contribution in [0.3, 0.4) is 0 Å². The molecule has 0 saturated heterocycles. The van der Waals surface area contributed by atoms with Gasteiger partial charge in [-0.15, -0.1) is 0 Å². The molecule has 0 aliphatic rings. The van der Waals surface area contributed by atoms with Crippen molar-refractivity contribution in [3.8, 4) is 0 Å². The SMILES string of the molecule is CC(C)NCCCNCc1cc(C(C)C)on1. The minimum Gasteiger partial charge on any atom is -0.361 e. The fourth-order valence-electron chi connectivity index (χ4n) is 1.50. The van der Waals surface area contributed by atoms with E-state index >= 15 is 0 Å². The predicted octanol–water partition coefficient (Wildman–Crippen LogP) is 2.28. The molecule has 1 aromatic heterocycles. The van der Waals surface area contributed by atoms with Crippen LogP contribution >= 0.6 is 0 Å². The maximum atomic E-state index is 5.23. The fourth-order valence-corrected chi connectivity index (χ4v) is 1.50.